The Bertz CT molecular complexity index is 854. The summed E-state index contributed by atoms with van der Waals surface area (Å²) in [6.45, 7) is 1.75. The minimum Gasteiger partial charge on any atom is -0.393 e. The van der Waals surface area contributed by atoms with Crippen molar-refractivity contribution in [2.75, 3.05) is 25.0 Å². The number of aliphatic hydroxyl groups is 1. The van der Waals surface area contributed by atoms with E-state index in [2.05, 4.69) is 10.2 Å². The van der Waals surface area contributed by atoms with Gasteiger partial charge in [-0.15, -0.1) is 11.3 Å². The lowest BCUT2D eigenvalue weighted by Gasteiger charge is -2.28. The van der Waals surface area contributed by atoms with Crippen LogP contribution in [-0.4, -0.2) is 47.4 Å². The molecule has 4 rings (SSSR count). The standard InChI is InChI=1S/C22H26N2O3S/c25-16-10-12-24(13-11-16)14-19(26)23-22-20(17-8-4-5-9-18(17)28-22)21(27)15-6-2-1-3-7-15/h1-3,6-7,16,25H,4-5,8-14H2,(H,23,26). The van der Waals surface area contributed by atoms with Crippen LogP contribution in [0, 0.1) is 0 Å². The number of aryl methyl sites for hydroxylation is 1. The number of hydrogen-bond donors (Lipinski definition) is 2. The fourth-order valence-electron chi connectivity index (χ4n) is 4.07. The number of nitrogens with zero attached hydrogens (tertiary/aromatic N) is 1. The van der Waals surface area contributed by atoms with E-state index in [1.54, 1.807) is 11.3 Å². The topological polar surface area (TPSA) is 69.6 Å². The minimum absolute atomic E-state index is 0.00334. The van der Waals surface area contributed by atoms with E-state index in [4.69, 9.17) is 0 Å². The van der Waals surface area contributed by atoms with Gasteiger partial charge in [-0.05, 0) is 44.1 Å². The molecule has 1 aliphatic heterocycles. The molecule has 6 heteroatoms. The predicted molar refractivity (Wildman–Crippen MR) is 111 cm³/mol. The fourth-order valence-corrected chi connectivity index (χ4v) is 5.38. The Hall–Kier alpha value is -2.02. The molecule has 1 aromatic carbocycles. The first-order valence-corrected chi connectivity index (χ1v) is 10.9. The predicted octanol–water partition coefficient (Wildman–Crippen LogP) is 3.25. The summed E-state index contributed by atoms with van der Waals surface area (Å²) in [5, 5.41) is 13.4. The number of fused-ring (bicyclic) bond motifs is 1. The summed E-state index contributed by atoms with van der Waals surface area (Å²) < 4.78 is 0. The largest absolute Gasteiger partial charge is 0.393 e. The summed E-state index contributed by atoms with van der Waals surface area (Å²) in [6.07, 6.45) is 5.27. The van der Waals surface area contributed by atoms with Crippen LogP contribution in [0.4, 0.5) is 5.00 Å². The van der Waals surface area contributed by atoms with E-state index in [0.29, 0.717) is 35.5 Å². The second-order valence-electron chi connectivity index (χ2n) is 7.67. The summed E-state index contributed by atoms with van der Waals surface area (Å²) in [7, 11) is 0. The molecule has 148 valence electrons. The van der Waals surface area contributed by atoms with Crippen LogP contribution < -0.4 is 5.32 Å². The molecular formula is C22H26N2O3S. The molecule has 28 heavy (non-hydrogen) atoms. The molecule has 0 bridgehead atoms. The van der Waals surface area contributed by atoms with Crippen molar-refractivity contribution in [3.8, 4) is 0 Å². The molecule has 0 unspecified atom stereocenters. The van der Waals surface area contributed by atoms with E-state index in [1.807, 2.05) is 30.3 Å². The molecule has 0 radical (unpaired) electrons. The molecule has 1 aromatic heterocycles. The zero-order chi connectivity index (χ0) is 19.5. The van der Waals surface area contributed by atoms with Gasteiger partial charge in [-0.1, -0.05) is 30.3 Å². The lowest BCUT2D eigenvalue weighted by atomic mass is 9.92. The average Bonchev–Trinajstić information content (AvgIpc) is 3.07. The number of carbonyl (C=O) groups is 2. The van der Waals surface area contributed by atoms with Gasteiger partial charge < -0.3 is 10.4 Å². The third-order valence-electron chi connectivity index (χ3n) is 5.61. The zero-order valence-electron chi connectivity index (χ0n) is 15.9. The third kappa shape index (κ3) is 4.19. The summed E-state index contributed by atoms with van der Waals surface area (Å²) in [6, 6.07) is 9.31. The number of amides is 1. The van der Waals surface area contributed by atoms with Crippen LogP contribution in [0.1, 0.15) is 52.0 Å². The lowest BCUT2D eigenvalue weighted by Crippen LogP contribution is -2.40. The van der Waals surface area contributed by atoms with Gasteiger partial charge in [-0.3, -0.25) is 14.5 Å². The number of thiophene rings is 1. The SMILES string of the molecule is O=C(CN1CCC(O)CC1)Nc1sc2c(c1C(=O)c1ccccc1)CCCC2. The van der Waals surface area contributed by atoms with Gasteiger partial charge in [-0.25, -0.2) is 0 Å². The van der Waals surface area contributed by atoms with Gasteiger partial charge in [-0.2, -0.15) is 0 Å². The Labute approximate surface area is 169 Å². The van der Waals surface area contributed by atoms with Crippen molar-refractivity contribution >= 4 is 28.0 Å². The maximum atomic E-state index is 13.2. The average molecular weight is 399 g/mol. The first-order chi connectivity index (χ1) is 13.6. The number of likely N-dealkylation sites (tertiary alicyclic amines) is 1. The van der Waals surface area contributed by atoms with E-state index in [9.17, 15) is 14.7 Å². The van der Waals surface area contributed by atoms with E-state index < -0.39 is 0 Å². The highest BCUT2D eigenvalue weighted by molar-refractivity contribution is 7.17. The normalized spacial score (nSPS) is 17.9. The Kier molecular flexibility index (Phi) is 5.90. The lowest BCUT2D eigenvalue weighted by molar-refractivity contribution is -0.117. The second-order valence-corrected chi connectivity index (χ2v) is 8.77. The molecule has 1 fully saturated rings. The van der Waals surface area contributed by atoms with Gasteiger partial charge >= 0.3 is 0 Å². The number of hydrogen-bond acceptors (Lipinski definition) is 5. The molecule has 2 N–H and O–H groups in total. The molecule has 0 saturated carbocycles. The van der Waals surface area contributed by atoms with Gasteiger partial charge in [0.15, 0.2) is 5.78 Å². The van der Waals surface area contributed by atoms with Gasteiger partial charge in [0, 0.05) is 23.5 Å². The van der Waals surface area contributed by atoms with Crippen molar-refractivity contribution in [1.29, 1.82) is 0 Å². The second kappa shape index (κ2) is 8.55. The van der Waals surface area contributed by atoms with Gasteiger partial charge in [0.25, 0.3) is 0 Å². The summed E-state index contributed by atoms with van der Waals surface area (Å²) in [5.41, 5.74) is 2.48. The number of anilines is 1. The quantitative estimate of drug-likeness (QED) is 0.759. The molecule has 1 aliphatic carbocycles. The minimum atomic E-state index is -0.251. The Morgan fingerprint density at radius 1 is 1.11 bits per heavy atom. The van der Waals surface area contributed by atoms with Crippen LogP contribution >= 0.6 is 11.3 Å². The smallest absolute Gasteiger partial charge is 0.239 e. The van der Waals surface area contributed by atoms with Gasteiger partial charge in [0.1, 0.15) is 5.00 Å². The number of nitrogens with one attached hydrogen (secondary N) is 1. The van der Waals surface area contributed by atoms with Crippen LogP contribution in [0.2, 0.25) is 0 Å². The molecule has 2 aliphatic rings. The first-order valence-electron chi connectivity index (χ1n) is 10.1. The number of rotatable bonds is 5. The number of aliphatic hydroxyl groups excluding tert-OH is 1. The van der Waals surface area contributed by atoms with Crippen molar-refractivity contribution in [2.24, 2.45) is 0 Å². The molecule has 0 spiro atoms. The number of carbonyl (C=O) groups excluding carboxylic acids is 2. The molecular weight excluding hydrogens is 372 g/mol. The zero-order valence-corrected chi connectivity index (χ0v) is 16.8. The molecule has 1 saturated heterocycles. The van der Waals surface area contributed by atoms with Crippen LogP contribution in [0.15, 0.2) is 30.3 Å². The maximum Gasteiger partial charge on any atom is 0.239 e. The van der Waals surface area contributed by atoms with E-state index in [-0.39, 0.29) is 17.8 Å². The van der Waals surface area contributed by atoms with E-state index in [1.165, 1.54) is 4.88 Å². The molecule has 1 amide bonds. The Balaban J connectivity index is 1.55. The number of ketones is 1. The first kappa shape index (κ1) is 19.3. The Morgan fingerprint density at radius 2 is 1.82 bits per heavy atom. The van der Waals surface area contributed by atoms with E-state index >= 15 is 0 Å². The maximum absolute atomic E-state index is 13.2. The monoisotopic (exact) mass is 398 g/mol. The number of piperidine rings is 1. The van der Waals surface area contributed by atoms with Crippen LogP contribution in [0.5, 0.6) is 0 Å². The highest BCUT2D eigenvalue weighted by Crippen LogP contribution is 2.39. The van der Waals surface area contributed by atoms with Crippen molar-refractivity contribution in [3.05, 3.63) is 51.9 Å². The van der Waals surface area contributed by atoms with Crippen LogP contribution in [-0.2, 0) is 17.6 Å². The molecule has 0 atom stereocenters. The van der Waals surface area contributed by atoms with Crippen molar-refractivity contribution in [1.82, 2.24) is 4.90 Å². The highest BCUT2D eigenvalue weighted by Gasteiger charge is 2.27. The molecule has 2 aromatic rings. The third-order valence-corrected chi connectivity index (χ3v) is 6.82. The highest BCUT2D eigenvalue weighted by atomic mass is 32.1. The summed E-state index contributed by atoms with van der Waals surface area (Å²) >= 11 is 1.56. The van der Waals surface area contributed by atoms with Crippen LogP contribution in [0.25, 0.3) is 0 Å². The summed E-state index contributed by atoms with van der Waals surface area (Å²) in [5.74, 6) is -0.0894. The Morgan fingerprint density at radius 3 is 2.57 bits per heavy atom. The van der Waals surface area contributed by atoms with Gasteiger partial charge in [0.05, 0.1) is 18.2 Å². The van der Waals surface area contributed by atoms with Crippen LogP contribution in [0.3, 0.4) is 0 Å². The summed E-state index contributed by atoms with van der Waals surface area (Å²) in [4.78, 5) is 29.2. The van der Waals surface area contributed by atoms with Crippen molar-refractivity contribution in [3.63, 3.8) is 0 Å². The molecule has 5 nitrogen and oxygen atoms in total. The van der Waals surface area contributed by atoms with Crippen molar-refractivity contribution < 1.29 is 14.7 Å². The fraction of sp³-hybridized carbons (Fsp3) is 0.455. The molecule has 2 heterocycles. The van der Waals surface area contributed by atoms with E-state index in [0.717, 1.165) is 44.3 Å². The van der Waals surface area contributed by atoms with Gasteiger partial charge in [0.2, 0.25) is 5.91 Å². The number of benzene rings is 1. The van der Waals surface area contributed by atoms with Crippen molar-refractivity contribution in [2.45, 2.75) is 44.6 Å².